The second kappa shape index (κ2) is 4.02. The monoisotopic (exact) mass is 234 g/mol. The summed E-state index contributed by atoms with van der Waals surface area (Å²) < 4.78 is 0. The van der Waals surface area contributed by atoms with Gasteiger partial charge in [0.15, 0.2) is 5.11 Å². The van der Waals surface area contributed by atoms with E-state index >= 15 is 0 Å². The summed E-state index contributed by atoms with van der Waals surface area (Å²) in [5, 5.41) is 2.49. The Balaban J connectivity index is 2.16. The highest BCUT2D eigenvalue weighted by atomic mass is 32.1. The Hall–Kier alpha value is -1.75. The predicted octanol–water partition coefficient (Wildman–Crippen LogP) is 0.738. The summed E-state index contributed by atoms with van der Waals surface area (Å²) in [6.45, 7) is 2.32. The molecule has 1 heterocycles. The van der Waals surface area contributed by atoms with Crippen molar-refractivity contribution in [1.82, 2.24) is 10.2 Å². The van der Waals surface area contributed by atoms with Crippen molar-refractivity contribution in [2.75, 3.05) is 0 Å². The highest BCUT2D eigenvalue weighted by molar-refractivity contribution is 7.80. The molecule has 2 amide bonds. The van der Waals surface area contributed by atoms with Gasteiger partial charge in [0.25, 0.3) is 0 Å². The van der Waals surface area contributed by atoms with Gasteiger partial charge in [0.2, 0.25) is 0 Å². The maximum absolute atomic E-state index is 11.4. The third kappa shape index (κ3) is 1.94. The first kappa shape index (κ1) is 10.8. The van der Waals surface area contributed by atoms with E-state index in [2.05, 4.69) is 5.32 Å². The van der Waals surface area contributed by atoms with E-state index in [4.69, 9.17) is 12.2 Å². The molecule has 1 N–H and O–H groups in total. The molecule has 0 unspecified atom stereocenters. The van der Waals surface area contributed by atoms with Gasteiger partial charge >= 0.3 is 11.8 Å². The zero-order valence-electron chi connectivity index (χ0n) is 8.69. The number of carbonyl (C=O) groups excluding carboxylic acids is 2. The van der Waals surface area contributed by atoms with Crippen LogP contribution in [0.2, 0.25) is 0 Å². The van der Waals surface area contributed by atoms with E-state index in [-0.39, 0.29) is 5.11 Å². The van der Waals surface area contributed by atoms with E-state index in [9.17, 15) is 9.59 Å². The molecule has 0 spiro atoms. The number of carbonyl (C=O) groups is 2. The van der Waals surface area contributed by atoms with Crippen molar-refractivity contribution in [3.8, 4) is 0 Å². The van der Waals surface area contributed by atoms with Crippen molar-refractivity contribution in [1.29, 1.82) is 0 Å². The van der Waals surface area contributed by atoms with Crippen LogP contribution in [0.3, 0.4) is 0 Å². The van der Waals surface area contributed by atoms with Gasteiger partial charge in [-0.15, -0.1) is 0 Å². The summed E-state index contributed by atoms with van der Waals surface area (Å²) in [5.74, 6) is -1.25. The normalized spacial score (nSPS) is 15.6. The molecule has 0 aliphatic carbocycles. The van der Waals surface area contributed by atoms with Gasteiger partial charge in [-0.2, -0.15) is 0 Å². The van der Waals surface area contributed by atoms with Gasteiger partial charge in [-0.3, -0.25) is 19.8 Å². The minimum Gasteiger partial charge on any atom is -0.294 e. The van der Waals surface area contributed by atoms with Crippen molar-refractivity contribution < 1.29 is 9.59 Å². The van der Waals surface area contributed by atoms with Crippen LogP contribution in [0.25, 0.3) is 0 Å². The fourth-order valence-corrected chi connectivity index (χ4v) is 1.69. The van der Waals surface area contributed by atoms with Crippen LogP contribution in [0.1, 0.15) is 11.1 Å². The highest BCUT2D eigenvalue weighted by Gasteiger charge is 2.33. The molecule has 0 bridgehead atoms. The fourth-order valence-electron chi connectivity index (χ4n) is 1.45. The number of benzene rings is 1. The van der Waals surface area contributed by atoms with Crippen molar-refractivity contribution in [2.24, 2.45) is 0 Å². The third-order valence-electron chi connectivity index (χ3n) is 2.37. The van der Waals surface area contributed by atoms with Crippen molar-refractivity contribution in [3.05, 3.63) is 35.4 Å². The Kier molecular flexibility index (Phi) is 2.70. The molecule has 1 aromatic rings. The number of hydrogen-bond donors (Lipinski definition) is 1. The summed E-state index contributed by atoms with van der Waals surface area (Å²) in [6.07, 6.45) is 0. The fraction of sp³-hybridized carbons (Fsp3) is 0.182. The molecule has 0 radical (unpaired) electrons. The highest BCUT2D eigenvalue weighted by Crippen LogP contribution is 2.10. The zero-order chi connectivity index (χ0) is 11.7. The maximum Gasteiger partial charge on any atom is 0.318 e. The van der Waals surface area contributed by atoms with E-state index in [0.717, 1.165) is 11.1 Å². The number of thiocarbonyl (C=S) groups is 1. The number of aryl methyl sites for hydroxylation is 1. The Morgan fingerprint density at radius 1 is 1.25 bits per heavy atom. The van der Waals surface area contributed by atoms with Crippen LogP contribution in [0.4, 0.5) is 0 Å². The topological polar surface area (TPSA) is 49.4 Å². The number of hydrogen-bond acceptors (Lipinski definition) is 3. The minimum absolute atomic E-state index is 0.176. The molecule has 1 aromatic carbocycles. The van der Waals surface area contributed by atoms with Crippen LogP contribution in [-0.4, -0.2) is 21.8 Å². The predicted molar refractivity (Wildman–Crippen MR) is 62.5 cm³/mol. The molecule has 1 fully saturated rings. The molecule has 0 saturated carbocycles. The second-order valence-corrected chi connectivity index (χ2v) is 4.02. The first-order valence-corrected chi connectivity index (χ1v) is 5.21. The van der Waals surface area contributed by atoms with Gasteiger partial charge < -0.3 is 0 Å². The van der Waals surface area contributed by atoms with Crippen LogP contribution in [-0.2, 0) is 16.1 Å². The first-order chi connectivity index (χ1) is 7.58. The van der Waals surface area contributed by atoms with Crippen LogP contribution < -0.4 is 5.32 Å². The summed E-state index contributed by atoms with van der Waals surface area (Å²) >= 11 is 4.89. The van der Waals surface area contributed by atoms with Crippen LogP contribution in [0.15, 0.2) is 24.3 Å². The van der Waals surface area contributed by atoms with Gasteiger partial charge in [-0.25, -0.2) is 0 Å². The molecular weight excluding hydrogens is 224 g/mol. The molecule has 2 rings (SSSR count). The molecule has 1 aliphatic rings. The quantitative estimate of drug-likeness (QED) is 0.606. The molecular formula is C11H10N2O2S. The first-order valence-electron chi connectivity index (χ1n) is 4.80. The van der Waals surface area contributed by atoms with Gasteiger partial charge in [0, 0.05) is 0 Å². The Bertz CT molecular complexity index is 467. The lowest BCUT2D eigenvalue weighted by Crippen LogP contribution is -2.30. The summed E-state index contributed by atoms with van der Waals surface area (Å²) in [6, 6.07) is 7.73. The molecule has 4 nitrogen and oxygen atoms in total. The van der Waals surface area contributed by atoms with Crippen LogP contribution >= 0.6 is 12.2 Å². The SMILES string of the molecule is Cc1ccc(CN2C(=O)C(=O)NC2=S)cc1. The van der Waals surface area contributed by atoms with E-state index < -0.39 is 11.8 Å². The summed E-state index contributed by atoms with van der Waals surface area (Å²) in [4.78, 5) is 23.7. The largest absolute Gasteiger partial charge is 0.318 e. The van der Waals surface area contributed by atoms with Gasteiger partial charge in [-0.05, 0) is 24.7 Å². The average Bonchev–Trinajstić information content (AvgIpc) is 2.48. The molecule has 5 heteroatoms. The van der Waals surface area contributed by atoms with Crippen molar-refractivity contribution >= 4 is 29.1 Å². The zero-order valence-corrected chi connectivity index (χ0v) is 9.50. The lowest BCUT2D eigenvalue weighted by Gasteiger charge is -2.13. The van der Waals surface area contributed by atoms with Crippen LogP contribution in [0.5, 0.6) is 0 Å². The summed E-state index contributed by atoms with van der Waals surface area (Å²) in [5.41, 5.74) is 2.09. The number of rotatable bonds is 2. The van der Waals surface area contributed by atoms with Gasteiger partial charge in [-0.1, -0.05) is 29.8 Å². The molecule has 1 aliphatic heterocycles. The summed E-state index contributed by atoms with van der Waals surface area (Å²) in [7, 11) is 0. The number of nitrogens with one attached hydrogen (secondary N) is 1. The Labute approximate surface area is 98.2 Å². The smallest absolute Gasteiger partial charge is 0.294 e. The number of nitrogens with zero attached hydrogens (tertiary/aromatic N) is 1. The van der Waals surface area contributed by atoms with E-state index in [1.54, 1.807) is 0 Å². The van der Waals surface area contributed by atoms with Gasteiger partial charge in [0.1, 0.15) is 0 Å². The van der Waals surface area contributed by atoms with E-state index in [0.29, 0.717) is 6.54 Å². The van der Waals surface area contributed by atoms with E-state index in [1.165, 1.54) is 4.90 Å². The van der Waals surface area contributed by atoms with Crippen molar-refractivity contribution in [3.63, 3.8) is 0 Å². The molecule has 82 valence electrons. The molecule has 0 atom stereocenters. The second-order valence-electron chi connectivity index (χ2n) is 3.64. The van der Waals surface area contributed by atoms with Crippen LogP contribution in [0, 0.1) is 6.92 Å². The molecule has 16 heavy (non-hydrogen) atoms. The number of amides is 2. The minimum atomic E-state index is -0.655. The lowest BCUT2D eigenvalue weighted by atomic mass is 10.1. The molecule has 0 aromatic heterocycles. The Morgan fingerprint density at radius 3 is 2.38 bits per heavy atom. The molecule has 1 saturated heterocycles. The van der Waals surface area contributed by atoms with E-state index in [1.807, 2.05) is 31.2 Å². The maximum atomic E-state index is 11.4. The standard InChI is InChI=1S/C11H10N2O2S/c1-7-2-4-8(5-3-7)6-13-10(15)9(14)12-11(13)16/h2-5H,6H2,1H3,(H,12,14,16). The van der Waals surface area contributed by atoms with Gasteiger partial charge in [0.05, 0.1) is 6.54 Å². The van der Waals surface area contributed by atoms with Crippen molar-refractivity contribution in [2.45, 2.75) is 13.5 Å². The average molecular weight is 234 g/mol. The third-order valence-corrected chi connectivity index (χ3v) is 2.69. The lowest BCUT2D eigenvalue weighted by molar-refractivity contribution is -0.140. The Morgan fingerprint density at radius 2 is 1.88 bits per heavy atom.